The largest absolute Gasteiger partial charge is 0.497 e. The first-order chi connectivity index (χ1) is 14.6. The van der Waals surface area contributed by atoms with Gasteiger partial charge in [0.05, 0.1) is 30.9 Å². The molecule has 0 aliphatic heterocycles. The number of methoxy groups -OCH3 is 2. The van der Waals surface area contributed by atoms with Crippen LogP contribution in [-0.4, -0.2) is 24.2 Å². The van der Waals surface area contributed by atoms with E-state index < -0.39 is 0 Å². The number of nitrogens with zero attached hydrogens (tertiary/aromatic N) is 2. The summed E-state index contributed by atoms with van der Waals surface area (Å²) in [6.45, 7) is 2.38. The van der Waals surface area contributed by atoms with E-state index in [1.54, 1.807) is 14.2 Å². The Labute approximate surface area is 178 Å². The highest BCUT2D eigenvalue weighted by atomic mass is 16.5. The van der Waals surface area contributed by atoms with Crippen molar-refractivity contribution in [2.24, 2.45) is 5.92 Å². The third-order valence-electron chi connectivity index (χ3n) is 6.12. The lowest BCUT2D eigenvalue weighted by Crippen LogP contribution is -2.08. The topological polar surface area (TPSA) is 56.3 Å². The third-order valence-corrected chi connectivity index (χ3v) is 6.12. The fourth-order valence-corrected chi connectivity index (χ4v) is 4.36. The first-order valence-electron chi connectivity index (χ1n) is 10.9. The normalized spacial score (nSPS) is 19.7. The molecule has 1 aliphatic carbocycles. The number of hydrogen-bond donors (Lipinski definition) is 1. The maximum atomic E-state index is 5.37. The average Bonchev–Trinajstić information content (AvgIpc) is 2.75. The second-order valence-corrected chi connectivity index (χ2v) is 8.39. The fourth-order valence-electron chi connectivity index (χ4n) is 4.36. The molecular formula is C25H31N3O2. The molecule has 158 valence electrons. The monoisotopic (exact) mass is 405 g/mol. The summed E-state index contributed by atoms with van der Waals surface area (Å²) in [6.07, 6.45) is 9.64. The molecule has 1 aromatic heterocycles. The smallest absolute Gasteiger partial charge is 0.124 e. The molecule has 0 amide bonds. The number of rotatable bonds is 5. The summed E-state index contributed by atoms with van der Waals surface area (Å²) in [5, 5.41) is 3.44. The number of fused-ring (bicyclic) bond motifs is 1. The third kappa shape index (κ3) is 4.84. The van der Waals surface area contributed by atoms with Gasteiger partial charge in [0.1, 0.15) is 11.5 Å². The van der Waals surface area contributed by atoms with Crippen LogP contribution < -0.4 is 14.8 Å². The quantitative estimate of drug-likeness (QED) is 0.527. The summed E-state index contributed by atoms with van der Waals surface area (Å²) in [7, 11) is 3.31. The van der Waals surface area contributed by atoms with Crippen LogP contribution in [0.15, 0.2) is 42.6 Å². The van der Waals surface area contributed by atoms with Crippen molar-refractivity contribution in [3.63, 3.8) is 0 Å². The summed E-state index contributed by atoms with van der Waals surface area (Å²) in [5.74, 6) is 2.88. The molecule has 5 heteroatoms. The summed E-state index contributed by atoms with van der Waals surface area (Å²) in [5.41, 5.74) is 4.87. The van der Waals surface area contributed by atoms with Gasteiger partial charge in [-0.1, -0.05) is 32.6 Å². The number of anilines is 2. The summed E-state index contributed by atoms with van der Waals surface area (Å²) in [6, 6.07) is 11.9. The first-order valence-corrected chi connectivity index (χ1v) is 10.9. The van der Waals surface area contributed by atoms with Crippen LogP contribution in [0, 0.1) is 5.92 Å². The fraction of sp³-hybridized carbons (Fsp3) is 0.440. The van der Waals surface area contributed by atoms with Gasteiger partial charge in [-0.25, -0.2) is 4.98 Å². The minimum Gasteiger partial charge on any atom is -0.497 e. The Bertz CT molecular complexity index is 973. The Morgan fingerprint density at radius 1 is 0.833 bits per heavy atom. The Morgan fingerprint density at radius 3 is 2.20 bits per heavy atom. The minimum atomic E-state index is 0.522. The standard InChI is InChI=1S/C25H31N3O2/c1-17-6-4-8-18(9-5-7-17)25-16-26-23-11-10-19(14-24(23)28-25)27-20-12-21(29-2)15-22(13-20)30-3/h10-18,27H,4-9H2,1-3H3. The average molecular weight is 406 g/mol. The number of hydrogen-bond acceptors (Lipinski definition) is 5. The number of ether oxygens (including phenoxy) is 2. The zero-order chi connectivity index (χ0) is 20.9. The Morgan fingerprint density at radius 2 is 1.53 bits per heavy atom. The highest BCUT2D eigenvalue weighted by Gasteiger charge is 2.18. The first kappa shape index (κ1) is 20.5. The van der Waals surface area contributed by atoms with Crippen LogP contribution in [0.2, 0.25) is 0 Å². The molecule has 1 fully saturated rings. The van der Waals surface area contributed by atoms with Gasteiger partial charge in [-0.05, 0) is 37.0 Å². The summed E-state index contributed by atoms with van der Waals surface area (Å²) in [4.78, 5) is 9.71. The van der Waals surface area contributed by atoms with Crippen LogP contribution in [0.4, 0.5) is 11.4 Å². The van der Waals surface area contributed by atoms with E-state index in [4.69, 9.17) is 19.4 Å². The van der Waals surface area contributed by atoms with Gasteiger partial charge in [0, 0.05) is 41.7 Å². The Balaban J connectivity index is 1.57. The van der Waals surface area contributed by atoms with Crippen molar-refractivity contribution in [3.05, 3.63) is 48.3 Å². The molecule has 1 heterocycles. The van der Waals surface area contributed by atoms with Crippen LogP contribution in [0.25, 0.3) is 11.0 Å². The van der Waals surface area contributed by atoms with Crippen LogP contribution >= 0.6 is 0 Å². The zero-order valence-electron chi connectivity index (χ0n) is 18.1. The summed E-state index contributed by atoms with van der Waals surface area (Å²) >= 11 is 0. The van der Waals surface area contributed by atoms with Crippen LogP contribution in [-0.2, 0) is 0 Å². The van der Waals surface area contributed by atoms with Gasteiger partial charge < -0.3 is 14.8 Å². The number of aromatic nitrogens is 2. The molecule has 30 heavy (non-hydrogen) atoms. The second kappa shape index (κ2) is 9.33. The van der Waals surface area contributed by atoms with Gasteiger partial charge in [-0.2, -0.15) is 0 Å². The van der Waals surface area contributed by atoms with Crippen molar-refractivity contribution < 1.29 is 9.47 Å². The molecule has 5 nitrogen and oxygen atoms in total. The van der Waals surface area contributed by atoms with E-state index in [1.807, 2.05) is 36.5 Å². The molecule has 1 aliphatic rings. The van der Waals surface area contributed by atoms with E-state index in [9.17, 15) is 0 Å². The number of nitrogens with one attached hydrogen (secondary N) is 1. The van der Waals surface area contributed by atoms with Crippen molar-refractivity contribution in [1.82, 2.24) is 9.97 Å². The van der Waals surface area contributed by atoms with Crippen molar-refractivity contribution in [2.45, 2.75) is 51.4 Å². The van der Waals surface area contributed by atoms with E-state index in [-0.39, 0.29) is 0 Å². The predicted octanol–water partition coefficient (Wildman–Crippen LogP) is 6.46. The molecule has 0 unspecified atom stereocenters. The molecule has 0 bridgehead atoms. The van der Waals surface area contributed by atoms with Crippen LogP contribution in [0.3, 0.4) is 0 Å². The lowest BCUT2D eigenvalue weighted by atomic mass is 9.85. The second-order valence-electron chi connectivity index (χ2n) is 8.39. The Kier molecular flexibility index (Phi) is 6.36. The van der Waals surface area contributed by atoms with Crippen LogP contribution in [0.1, 0.15) is 57.1 Å². The molecule has 0 atom stereocenters. The van der Waals surface area contributed by atoms with Gasteiger partial charge in [0.15, 0.2) is 0 Å². The molecule has 4 rings (SSSR count). The van der Waals surface area contributed by atoms with Crippen molar-refractivity contribution in [2.75, 3.05) is 19.5 Å². The molecule has 1 N–H and O–H groups in total. The molecule has 0 saturated heterocycles. The minimum absolute atomic E-state index is 0.522. The van der Waals surface area contributed by atoms with Crippen molar-refractivity contribution in [3.8, 4) is 11.5 Å². The zero-order valence-corrected chi connectivity index (χ0v) is 18.1. The SMILES string of the molecule is COc1cc(Nc2ccc3ncc(C4CCCC(C)CCC4)nc3c2)cc(OC)c1. The molecule has 3 aromatic rings. The van der Waals surface area contributed by atoms with E-state index >= 15 is 0 Å². The highest BCUT2D eigenvalue weighted by Crippen LogP contribution is 2.33. The van der Waals surface area contributed by atoms with E-state index in [2.05, 4.69) is 18.3 Å². The molecule has 0 spiro atoms. The Hall–Kier alpha value is -2.82. The lowest BCUT2D eigenvalue weighted by Gasteiger charge is -2.22. The number of benzene rings is 2. The highest BCUT2D eigenvalue weighted by molar-refractivity contribution is 5.80. The van der Waals surface area contributed by atoms with Crippen LogP contribution in [0.5, 0.6) is 11.5 Å². The van der Waals surface area contributed by atoms with E-state index in [1.165, 1.54) is 38.5 Å². The predicted molar refractivity (Wildman–Crippen MR) is 122 cm³/mol. The molecular weight excluding hydrogens is 374 g/mol. The molecule has 0 radical (unpaired) electrons. The van der Waals surface area contributed by atoms with Gasteiger partial charge in [-0.3, -0.25) is 4.98 Å². The van der Waals surface area contributed by atoms with E-state index in [0.717, 1.165) is 45.5 Å². The van der Waals surface area contributed by atoms with Crippen molar-refractivity contribution in [1.29, 1.82) is 0 Å². The van der Waals surface area contributed by atoms with Gasteiger partial charge in [-0.15, -0.1) is 0 Å². The molecule has 1 saturated carbocycles. The molecule has 2 aromatic carbocycles. The van der Waals surface area contributed by atoms with Crippen molar-refractivity contribution >= 4 is 22.4 Å². The van der Waals surface area contributed by atoms with E-state index in [0.29, 0.717) is 5.92 Å². The maximum Gasteiger partial charge on any atom is 0.124 e. The lowest BCUT2D eigenvalue weighted by molar-refractivity contribution is 0.375. The van der Waals surface area contributed by atoms with Gasteiger partial charge in [0.25, 0.3) is 0 Å². The van der Waals surface area contributed by atoms with Gasteiger partial charge >= 0.3 is 0 Å². The maximum absolute atomic E-state index is 5.37. The summed E-state index contributed by atoms with van der Waals surface area (Å²) < 4.78 is 10.7. The van der Waals surface area contributed by atoms with Gasteiger partial charge in [0.2, 0.25) is 0 Å².